The van der Waals surface area contributed by atoms with E-state index in [0.29, 0.717) is 19.3 Å². The Morgan fingerprint density at radius 1 is 0.237 bits per heavy atom. The van der Waals surface area contributed by atoms with Crippen LogP contribution in [-0.4, -0.2) is 33.7 Å². The van der Waals surface area contributed by atoms with Crippen LogP contribution in [0, 0.1) is 0 Å². The predicted octanol–water partition coefficient (Wildman–Crippen LogP) is 24.0. The molecule has 0 aliphatic rings. The van der Waals surface area contributed by atoms with Gasteiger partial charge in [-0.1, -0.05) is 367 Å². The minimum atomic E-state index is -2.59. The van der Waals surface area contributed by atoms with Gasteiger partial charge in [-0.3, -0.25) is 14.4 Å². The van der Waals surface area contributed by atoms with Crippen molar-refractivity contribution in [2.75, 3.05) is 0 Å². The largest absolute Gasteiger partial charge is 0.537 e. The topological polar surface area (TPSA) is 78.9 Å². The highest BCUT2D eigenvalue weighted by atomic mass is 32.1. The molecule has 76 heavy (non-hydrogen) atoms. The number of thiol groups is 3. The molecule has 3 unspecified atom stereocenters. The fraction of sp³-hybridized carbons (Fsp3) is 0.955. The Kier molecular flexibility index (Phi) is 62.4. The van der Waals surface area contributed by atoms with Crippen molar-refractivity contribution in [2.24, 2.45) is 0 Å². The lowest BCUT2D eigenvalue weighted by Crippen LogP contribution is -2.23. The Hall–Kier alpha value is -0.110. The third-order valence-corrected chi connectivity index (χ3v) is 18.2. The van der Waals surface area contributed by atoms with Gasteiger partial charge in [-0.05, 0) is 19.3 Å². The first-order valence-corrected chi connectivity index (χ1v) is 36.4. The van der Waals surface area contributed by atoms with Gasteiger partial charge >= 0.3 is 26.5 Å². The molecule has 0 aliphatic heterocycles. The molecule has 0 amide bonds. The summed E-state index contributed by atoms with van der Waals surface area (Å²) in [6, 6.07) is 0. The van der Waals surface area contributed by atoms with E-state index in [0.717, 1.165) is 57.8 Å². The van der Waals surface area contributed by atoms with Crippen molar-refractivity contribution in [1.82, 2.24) is 0 Å². The second-order valence-electron chi connectivity index (χ2n) is 23.4. The number of hydrogen-bond acceptors (Lipinski definition) is 9. The maximum absolute atomic E-state index is 13.3. The average Bonchev–Trinajstić information content (AvgIpc) is 3.41. The van der Waals surface area contributed by atoms with Crippen molar-refractivity contribution in [2.45, 2.75) is 403 Å². The van der Waals surface area contributed by atoms with Crippen molar-refractivity contribution >= 4 is 64.4 Å². The fourth-order valence-electron chi connectivity index (χ4n) is 10.5. The van der Waals surface area contributed by atoms with E-state index in [-0.39, 0.29) is 0 Å². The van der Waals surface area contributed by atoms with Crippen LogP contribution in [0.2, 0.25) is 0 Å². The molecule has 0 aromatic carbocycles. The zero-order valence-electron chi connectivity index (χ0n) is 50.8. The summed E-state index contributed by atoms with van der Waals surface area (Å²) in [5.74, 6) is -1.87. The predicted molar refractivity (Wildman–Crippen MR) is 344 cm³/mol. The molecule has 3 atom stereocenters. The second kappa shape index (κ2) is 62.5. The molecule has 0 spiro atoms. The van der Waals surface area contributed by atoms with Gasteiger partial charge in [0.1, 0.15) is 0 Å². The Balaban J connectivity index is 4.58. The van der Waals surface area contributed by atoms with Crippen LogP contribution in [0.5, 0.6) is 0 Å². The maximum Gasteiger partial charge on any atom is 0.537 e. The fourth-order valence-corrected chi connectivity index (χ4v) is 12.4. The Morgan fingerprint density at radius 2 is 0.355 bits per heavy atom. The highest BCUT2D eigenvalue weighted by molar-refractivity contribution is 7.82. The Labute approximate surface area is 492 Å². The van der Waals surface area contributed by atoms with Crippen molar-refractivity contribution < 1.29 is 28.0 Å². The van der Waals surface area contributed by atoms with Gasteiger partial charge in [0.2, 0.25) is 0 Å². The summed E-state index contributed by atoms with van der Waals surface area (Å²) in [7, 11) is -2.59. The zero-order valence-corrected chi connectivity index (χ0v) is 54.4. The summed E-state index contributed by atoms with van der Waals surface area (Å²) in [5, 5.41) is -2.08. The van der Waals surface area contributed by atoms with E-state index in [4.69, 9.17) is 13.6 Å². The number of carbonyl (C=O) groups excluding carboxylic acids is 3. The van der Waals surface area contributed by atoms with E-state index in [1.54, 1.807) is 0 Å². The van der Waals surface area contributed by atoms with Gasteiger partial charge in [0.05, 0.1) is 15.7 Å². The molecule has 0 N–H and O–H groups in total. The molecule has 6 nitrogen and oxygen atoms in total. The standard InChI is InChI=1S/C66H129O6PS3/c1-4-7-10-13-16-19-22-25-28-31-34-37-40-43-46-49-52-55-58-61(74)64(67)70-73(71-65(68)62(75)59-56-53-50-47-44-41-38-35-32-29-26-23-20-17-14-11-8-5-2)72-66(69)63(76)60-57-54-51-48-45-42-39-36-33-30-27-24-21-18-15-12-9-6-3/h61-63,74-76H,4-60H2,1-3H3. The summed E-state index contributed by atoms with van der Waals surface area (Å²) < 4.78 is 16.9. The molecule has 0 aromatic heterocycles. The van der Waals surface area contributed by atoms with Gasteiger partial charge in [-0.2, -0.15) is 37.9 Å². The summed E-state index contributed by atoms with van der Waals surface area (Å²) in [5.41, 5.74) is 0. The highest BCUT2D eigenvalue weighted by Gasteiger charge is 2.33. The number of rotatable bonds is 63. The molecule has 0 aromatic rings. The van der Waals surface area contributed by atoms with Gasteiger partial charge in [0, 0.05) is 0 Å². The normalized spacial score (nSPS) is 13.2. The molecule has 0 saturated heterocycles. The molecule has 0 aliphatic carbocycles. The molecule has 0 saturated carbocycles. The van der Waals surface area contributed by atoms with E-state index >= 15 is 0 Å². The van der Waals surface area contributed by atoms with Crippen LogP contribution in [0.1, 0.15) is 387 Å². The Morgan fingerprint density at radius 3 is 0.487 bits per heavy atom. The lowest BCUT2D eigenvalue weighted by molar-refractivity contribution is -0.142. The van der Waals surface area contributed by atoms with E-state index in [2.05, 4.69) is 58.7 Å². The molecule has 0 heterocycles. The molecule has 10 heteroatoms. The third-order valence-electron chi connectivity index (χ3n) is 15.8. The lowest BCUT2D eigenvalue weighted by Gasteiger charge is -2.20. The van der Waals surface area contributed by atoms with Crippen LogP contribution in [0.4, 0.5) is 0 Å². The monoisotopic (exact) mass is 1140 g/mol. The number of carbonyl (C=O) groups is 3. The molecular weight excluding hydrogens is 1020 g/mol. The molecule has 0 fully saturated rings. The van der Waals surface area contributed by atoms with E-state index in [1.807, 2.05) is 0 Å². The summed E-state index contributed by atoms with van der Waals surface area (Å²) in [6.07, 6.45) is 72.0. The number of hydrogen-bond donors (Lipinski definition) is 3. The van der Waals surface area contributed by atoms with Crippen LogP contribution in [0.25, 0.3) is 0 Å². The van der Waals surface area contributed by atoms with Gasteiger partial charge in [0.25, 0.3) is 0 Å². The highest BCUT2D eigenvalue weighted by Crippen LogP contribution is 2.43. The van der Waals surface area contributed by atoms with Crippen LogP contribution in [0.15, 0.2) is 0 Å². The SMILES string of the molecule is CCCCCCCCCCCCCCCCCCCCC(S)C(=O)OP(OC(=O)C(S)CCCCCCCCCCCCCCCCCCCC)OC(=O)C(S)CCCCCCCCCCCCCCCCCCCC. The minimum Gasteiger partial charge on any atom is -0.374 e. The third kappa shape index (κ3) is 55.8. The van der Waals surface area contributed by atoms with Gasteiger partial charge in [-0.25, -0.2) is 0 Å². The lowest BCUT2D eigenvalue weighted by atomic mass is 10.0. The maximum atomic E-state index is 13.3. The summed E-state index contributed by atoms with van der Waals surface area (Å²) in [4.78, 5) is 39.8. The van der Waals surface area contributed by atoms with E-state index < -0.39 is 42.3 Å². The number of unbranched alkanes of at least 4 members (excludes halogenated alkanes) is 51. The molecule has 0 bridgehead atoms. The average molecular weight is 1150 g/mol. The molecular formula is C66H129O6PS3. The van der Waals surface area contributed by atoms with E-state index in [1.165, 1.54) is 289 Å². The van der Waals surface area contributed by atoms with Crippen molar-refractivity contribution in [1.29, 1.82) is 0 Å². The first-order valence-electron chi connectivity index (χ1n) is 33.8. The van der Waals surface area contributed by atoms with Gasteiger partial charge in [-0.15, -0.1) is 0 Å². The van der Waals surface area contributed by atoms with Crippen molar-refractivity contribution in [3.05, 3.63) is 0 Å². The summed E-state index contributed by atoms with van der Waals surface area (Å²) in [6.45, 7) is 6.85. The van der Waals surface area contributed by atoms with Crippen molar-refractivity contribution in [3.8, 4) is 0 Å². The zero-order chi connectivity index (χ0) is 55.5. The van der Waals surface area contributed by atoms with Crippen molar-refractivity contribution in [3.63, 3.8) is 0 Å². The first-order chi connectivity index (χ1) is 37.3. The van der Waals surface area contributed by atoms with Gasteiger partial charge in [0.15, 0.2) is 0 Å². The quantitative estimate of drug-likeness (QED) is 0.0320. The van der Waals surface area contributed by atoms with Crippen LogP contribution >= 0.6 is 46.5 Å². The minimum absolute atomic E-state index is 0.550. The Bertz CT molecular complexity index is 1070. The second-order valence-corrected chi connectivity index (χ2v) is 26.3. The van der Waals surface area contributed by atoms with Crippen LogP contribution < -0.4 is 0 Å². The smallest absolute Gasteiger partial charge is 0.374 e. The molecule has 0 radical (unpaired) electrons. The van der Waals surface area contributed by atoms with Crippen LogP contribution in [0.3, 0.4) is 0 Å². The van der Waals surface area contributed by atoms with Crippen LogP contribution in [-0.2, 0) is 28.0 Å². The van der Waals surface area contributed by atoms with Gasteiger partial charge < -0.3 is 13.6 Å². The summed E-state index contributed by atoms with van der Waals surface area (Å²) >= 11 is 13.7. The molecule has 0 rings (SSSR count). The first kappa shape index (κ1) is 75.9. The van der Waals surface area contributed by atoms with E-state index in [9.17, 15) is 14.4 Å². The molecule has 452 valence electrons.